The highest BCUT2D eigenvalue weighted by molar-refractivity contribution is 6.06. The van der Waals surface area contributed by atoms with Gasteiger partial charge in [-0.15, -0.1) is 0 Å². The van der Waals surface area contributed by atoms with Gasteiger partial charge in [-0.3, -0.25) is 15.6 Å². The molecule has 5 heteroatoms. The van der Waals surface area contributed by atoms with Gasteiger partial charge in [0.15, 0.2) is 0 Å². The quantitative estimate of drug-likeness (QED) is 0.695. The molecule has 2 aliphatic carbocycles. The highest BCUT2D eigenvalue weighted by atomic mass is 16.1. The van der Waals surface area contributed by atoms with Crippen molar-refractivity contribution in [2.45, 2.75) is 57.0 Å². The molecule has 1 saturated carbocycles. The van der Waals surface area contributed by atoms with E-state index in [0.29, 0.717) is 24.5 Å². The van der Waals surface area contributed by atoms with Gasteiger partial charge in [-0.1, -0.05) is 18.6 Å². The molecule has 1 amide bonds. The van der Waals surface area contributed by atoms with Crippen molar-refractivity contribution in [1.82, 2.24) is 21.2 Å². The van der Waals surface area contributed by atoms with E-state index in [0.717, 1.165) is 23.9 Å². The Morgan fingerprint density at radius 2 is 2.04 bits per heavy atom. The third kappa shape index (κ3) is 2.57. The number of para-hydroxylation sites is 1. The molecule has 2 fully saturated rings. The van der Waals surface area contributed by atoms with Crippen molar-refractivity contribution in [1.29, 1.82) is 0 Å². The minimum atomic E-state index is 0.0347. The number of amides is 1. The Balaban J connectivity index is 1.36. The van der Waals surface area contributed by atoms with E-state index < -0.39 is 0 Å². The maximum absolute atomic E-state index is 12.8. The van der Waals surface area contributed by atoms with E-state index in [1.165, 1.54) is 48.7 Å². The van der Waals surface area contributed by atoms with Crippen LogP contribution in [0.1, 0.15) is 53.7 Å². The number of hydrogen-bond donors (Lipinski definition) is 4. The molecule has 1 aliphatic heterocycles. The van der Waals surface area contributed by atoms with E-state index in [4.69, 9.17) is 0 Å². The number of hydrazine groups is 1. The van der Waals surface area contributed by atoms with Crippen LogP contribution in [0.25, 0.3) is 10.9 Å². The number of aromatic amines is 1. The Morgan fingerprint density at radius 1 is 1.12 bits per heavy atom. The van der Waals surface area contributed by atoms with E-state index in [-0.39, 0.29) is 5.91 Å². The number of benzene rings is 1. The fraction of sp³-hybridized carbons (Fsp3) is 0.550. The number of rotatable bonds is 3. The number of H-pyrrole nitrogens is 1. The Morgan fingerprint density at radius 3 is 3.00 bits per heavy atom. The topological polar surface area (TPSA) is 69.0 Å². The Kier molecular flexibility index (Phi) is 3.79. The molecule has 0 radical (unpaired) electrons. The van der Waals surface area contributed by atoms with Crippen LogP contribution in [0, 0.1) is 5.92 Å². The summed E-state index contributed by atoms with van der Waals surface area (Å²) in [5, 5.41) is 4.40. The van der Waals surface area contributed by atoms with Crippen molar-refractivity contribution in [3.05, 3.63) is 35.0 Å². The highest BCUT2D eigenvalue weighted by Gasteiger charge is 2.38. The molecule has 1 saturated heterocycles. The van der Waals surface area contributed by atoms with Crippen molar-refractivity contribution >= 4 is 16.8 Å². The van der Waals surface area contributed by atoms with Gasteiger partial charge in [-0.2, -0.15) is 0 Å². The first-order valence-corrected chi connectivity index (χ1v) is 9.73. The van der Waals surface area contributed by atoms with E-state index >= 15 is 0 Å². The lowest BCUT2D eigenvalue weighted by atomic mass is 9.95. The molecular formula is C20H26N4O. The van der Waals surface area contributed by atoms with Gasteiger partial charge in [0.25, 0.3) is 5.91 Å². The zero-order valence-corrected chi connectivity index (χ0v) is 14.5. The number of nitrogens with one attached hydrogen (secondary N) is 4. The van der Waals surface area contributed by atoms with E-state index in [2.05, 4.69) is 27.2 Å². The number of fused-ring (bicyclic) bond motifs is 4. The molecule has 0 spiro atoms. The summed E-state index contributed by atoms with van der Waals surface area (Å²) in [6.45, 7) is 0.684. The minimum absolute atomic E-state index is 0.0347. The van der Waals surface area contributed by atoms with Crippen molar-refractivity contribution in [3.8, 4) is 0 Å². The number of hydrogen-bond acceptors (Lipinski definition) is 3. The van der Waals surface area contributed by atoms with Gasteiger partial charge >= 0.3 is 0 Å². The summed E-state index contributed by atoms with van der Waals surface area (Å²) < 4.78 is 0. The maximum Gasteiger partial charge on any atom is 0.253 e. The van der Waals surface area contributed by atoms with Gasteiger partial charge in [0.2, 0.25) is 0 Å². The van der Waals surface area contributed by atoms with E-state index in [9.17, 15) is 4.79 Å². The van der Waals surface area contributed by atoms with Crippen LogP contribution >= 0.6 is 0 Å². The number of carbonyl (C=O) groups is 1. The lowest BCUT2D eigenvalue weighted by molar-refractivity contribution is 0.0949. The second-order valence-corrected chi connectivity index (χ2v) is 7.82. The summed E-state index contributed by atoms with van der Waals surface area (Å²) in [7, 11) is 0. The van der Waals surface area contributed by atoms with Crippen LogP contribution in [0.3, 0.4) is 0 Å². The average molecular weight is 338 g/mol. The molecule has 5 nitrogen and oxygen atoms in total. The second-order valence-electron chi connectivity index (χ2n) is 7.82. The molecule has 3 unspecified atom stereocenters. The summed E-state index contributed by atoms with van der Waals surface area (Å²) in [4.78, 5) is 16.4. The fourth-order valence-corrected chi connectivity index (χ4v) is 5.09. The largest absolute Gasteiger partial charge is 0.358 e. The number of aryl methyl sites for hydroxylation is 2. The van der Waals surface area contributed by atoms with Crippen LogP contribution < -0.4 is 16.2 Å². The van der Waals surface area contributed by atoms with Gasteiger partial charge in [0, 0.05) is 29.7 Å². The molecule has 2 aromatic rings. The summed E-state index contributed by atoms with van der Waals surface area (Å²) in [6.07, 6.45) is 8.51. The molecular weight excluding hydrogens is 312 g/mol. The molecule has 5 rings (SSSR count). The lowest BCUT2D eigenvalue weighted by Gasteiger charge is -2.17. The first-order valence-electron chi connectivity index (χ1n) is 9.73. The molecule has 132 valence electrons. The zero-order valence-electron chi connectivity index (χ0n) is 14.5. The Bertz CT molecular complexity index is 811. The molecule has 1 aromatic heterocycles. The van der Waals surface area contributed by atoms with E-state index in [1.807, 2.05) is 12.1 Å². The van der Waals surface area contributed by atoms with Crippen LogP contribution in [-0.2, 0) is 12.8 Å². The third-order valence-electron chi connectivity index (χ3n) is 6.40. The van der Waals surface area contributed by atoms with Crippen LogP contribution in [-0.4, -0.2) is 29.5 Å². The number of carbonyl (C=O) groups excluding carboxylic acids is 1. The van der Waals surface area contributed by atoms with Crippen molar-refractivity contribution in [2.24, 2.45) is 5.92 Å². The van der Waals surface area contributed by atoms with Crippen molar-refractivity contribution in [2.75, 3.05) is 6.54 Å². The standard InChI is InChI=1S/C20H26N4O/c25-20(21-11-18-14-7-4-10-17(14)23-24-18)15-8-3-6-13-12-5-1-2-9-16(12)22-19(13)15/h3,6,8,14,17-18,22-24H,1-2,4-5,7,9-11H2,(H,21,25). The minimum Gasteiger partial charge on any atom is -0.358 e. The first kappa shape index (κ1) is 15.4. The Labute approximate surface area is 147 Å². The molecule has 2 heterocycles. The van der Waals surface area contributed by atoms with E-state index in [1.54, 1.807) is 0 Å². The van der Waals surface area contributed by atoms with Crippen LogP contribution in [0.15, 0.2) is 18.2 Å². The average Bonchev–Trinajstić information content (AvgIpc) is 3.33. The van der Waals surface area contributed by atoms with Gasteiger partial charge in [0.1, 0.15) is 0 Å². The molecule has 25 heavy (non-hydrogen) atoms. The second kappa shape index (κ2) is 6.15. The predicted molar refractivity (Wildman–Crippen MR) is 98.5 cm³/mol. The Hall–Kier alpha value is -1.85. The zero-order chi connectivity index (χ0) is 16.8. The highest BCUT2D eigenvalue weighted by Crippen LogP contribution is 2.32. The predicted octanol–water partition coefficient (Wildman–Crippen LogP) is 2.42. The normalized spacial score (nSPS) is 28.1. The maximum atomic E-state index is 12.8. The van der Waals surface area contributed by atoms with Gasteiger partial charge in [-0.25, -0.2) is 0 Å². The molecule has 1 aromatic carbocycles. The summed E-state index contributed by atoms with van der Waals surface area (Å²) in [6, 6.07) is 7.03. The van der Waals surface area contributed by atoms with Crippen LogP contribution in [0.4, 0.5) is 0 Å². The van der Waals surface area contributed by atoms with Crippen molar-refractivity contribution in [3.63, 3.8) is 0 Å². The van der Waals surface area contributed by atoms with Crippen molar-refractivity contribution < 1.29 is 4.79 Å². The molecule has 4 N–H and O–H groups in total. The number of aromatic nitrogens is 1. The lowest BCUT2D eigenvalue weighted by Crippen LogP contribution is -2.42. The first-order chi connectivity index (χ1) is 12.3. The summed E-state index contributed by atoms with van der Waals surface area (Å²) in [5.41, 5.74) is 11.3. The van der Waals surface area contributed by atoms with Gasteiger partial charge in [0.05, 0.1) is 11.1 Å². The van der Waals surface area contributed by atoms with Gasteiger partial charge in [-0.05, 0) is 56.1 Å². The van der Waals surface area contributed by atoms with Gasteiger partial charge < -0.3 is 10.3 Å². The third-order valence-corrected chi connectivity index (χ3v) is 6.40. The molecule has 3 atom stereocenters. The summed E-state index contributed by atoms with van der Waals surface area (Å²) in [5.74, 6) is 0.682. The molecule has 0 bridgehead atoms. The van der Waals surface area contributed by atoms with Crippen LogP contribution in [0.5, 0.6) is 0 Å². The monoisotopic (exact) mass is 338 g/mol. The smallest absolute Gasteiger partial charge is 0.253 e. The SMILES string of the molecule is O=C(NCC1NNC2CCCC21)c1cccc2c3c([nH]c12)CCCC3. The fourth-order valence-electron chi connectivity index (χ4n) is 5.09. The summed E-state index contributed by atoms with van der Waals surface area (Å²) >= 11 is 0. The molecule has 3 aliphatic rings. The van der Waals surface area contributed by atoms with Crippen LogP contribution in [0.2, 0.25) is 0 Å².